The first-order valence-electron chi connectivity index (χ1n) is 11.1. The molecule has 0 saturated heterocycles. The minimum absolute atomic E-state index is 0. The van der Waals surface area contributed by atoms with Gasteiger partial charge in [-0.1, -0.05) is 64.8 Å². The second kappa shape index (κ2) is 18.6. The van der Waals surface area contributed by atoms with E-state index >= 15 is 0 Å². The van der Waals surface area contributed by atoms with Crippen LogP contribution in [-0.4, -0.2) is 6.88 Å². The van der Waals surface area contributed by atoms with Crippen LogP contribution in [0.4, 0.5) is 0 Å². The van der Waals surface area contributed by atoms with E-state index < -0.39 is 0 Å². The molecule has 2 radical (unpaired) electrons. The van der Waals surface area contributed by atoms with Gasteiger partial charge in [0.15, 0.2) is 0 Å². The Balaban J connectivity index is -0.000000475. The van der Waals surface area contributed by atoms with Crippen molar-refractivity contribution in [3.63, 3.8) is 0 Å². The van der Waals surface area contributed by atoms with Crippen LogP contribution in [0.15, 0.2) is 60.7 Å². The van der Waals surface area contributed by atoms with E-state index in [1.807, 2.05) is 0 Å². The first-order chi connectivity index (χ1) is 14.4. The predicted molar refractivity (Wildman–Crippen MR) is 159 cm³/mol. The summed E-state index contributed by atoms with van der Waals surface area (Å²) < 4.78 is 0. The van der Waals surface area contributed by atoms with E-state index in [9.17, 15) is 0 Å². The number of hydrogen-bond donors (Lipinski definition) is 0. The van der Waals surface area contributed by atoms with Gasteiger partial charge in [0, 0.05) is 0 Å². The summed E-state index contributed by atoms with van der Waals surface area (Å²) in [5.74, 6) is 1.26. The van der Waals surface area contributed by atoms with Crippen LogP contribution < -0.4 is 0 Å². The van der Waals surface area contributed by atoms with Crippen molar-refractivity contribution in [2.24, 2.45) is 0 Å². The second-order valence-electron chi connectivity index (χ2n) is 8.43. The zero-order chi connectivity index (χ0) is 22.3. The van der Waals surface area contributed by atoms with E-state index in [1.54, 1.807) is 0 Å². The Morgan fingerprint density at radius 3 is 1.26 bits per heavy atom. The molecule has 0 aromatic heterocycles. The standard InChI is InChI=1S/2C14H17.2CH3.2ClH.Si.Zr/c2*1-4-11-6-5-7-12-8-13(10(2)3)9-14(11)12;;;;;;/h2*5-10H,4H2,1-3H3;2*1H3;2*1H;;/q4*-1;;;;. The Labute approximate surface area is 239 Å². The Bertz CT molecular complexity index is 990. The van der Waals surface area contributed by atoms with Crippen molar-refractivity contribution < 1.29 is 23.3 Å². The van der Waals surface area contributed by atoms with Crippen LogP contribution in [0.2, 0.25) is 0 Å². The van der Waals surface area contributed by atoms with E-state index in [0.29, 0.717) is 11.8 Å². The number of hydrogen-bond acceptors (Lipinski definition) is 0. The molecule has 0 spiro atoms. The molecule has 0 aliphatic carbocycles. The van der Waals surface area contributed by atoms with E-state index in [0.717, 1.165) is 12.8 Å². The molecule has 4 heteroatoms. The van der Waals surface area contributed by atoms with Gasteiger partial charge >= 0.3 is 30.2 Å². The first-order valence-corrected chi connectivity index (χ1v) is 15.2. The maximum absolute atomic E-state index is 3.06. The number of benzene rings is 2. The fraction of sp³-hybridized carbons (Fsp3) is 0.333. The summed E-state index contributed by atoms with van der Waals surface area (Å²) in [7, 11) is 0. The van der Waals surface area contributed by atoms with E-state index in [-0.39, 0.29) is 39.7 Å². The van der Waals surface area contributed by atoms with Crippen molar-refractivity contribution in [2.45, 2.75) is 66.2 Å². The predicted octanol–water partition coefficient (Wildman–Crippen LogP) is 9.85. The molecule has 0 amide bonds. The minimum atomic E-state index is 0. The third-order valence-electron chi connectivity index (χ3n) is 5.82. The molecule has 4 aromatic rings. The van der Waals surface area contributed by atoms with Crippen molar-refractivity contribution in [3.05, 3.63) is 97.8 Å². The average Bonchev–Trinajstić information content (AvgIpc) is 3.39. The molecule has 34 heavy (non-hydrogen) atoms. The molecular formula is C30H42Cl2SiZr-4. The summed E-state index contributed by atoms with van der Waals surface area (Å²) >= 11 is 1.36. The van der Waals surface area contributed by atoms with Gasteiger partial charge in [-0.3, -0.25) is 0 Å². The monoisotopic (exact) mass is 590 g/mol. The SMILES string of the molecule is CCc1cccc2[cH-]c(C(C)C)cc12.CCc1cccc2[cH-]c(C(C)C)cc12.Cl.Cl.[CH3-].[CH3-].[Si]=[Zr]. The van der Waals surface area contributed by atoms with E-state index in [2.05, 4.69) is 109 Å². The fourth-order valence-corrected chi connectivity index (χ4v) is 3.93. The van der Waals surface area contributed by atoms with Gasteiger partial charge in [0.25, 0.3) is 0 Å². The van der Waals surface area contributed by atoms with Gasteiger partial charge in [-0.15, -0.1) is 93.9 Å². The van der Waals surface area contributed by atoms with Crippen LogP contribution in [0.1, 0.15) is 75.6 Å². The van der Waals surface area contributed by atoms with Gasteiger partial charge in [0.2, 0.25) is 0 Å². The topological polar surface area (TPSA) is 0 Å². The van der Waals surface area contributed by atoms with Gasteiger partial charge in [0.1, 0.15) is 0 Å². The molecule has 0 fully saturated rings. The molecule has 0 unspecified atom stereocenters. The maximum atomic E-state index is 3.06. The summed E-state index contributed by atoms with van der Waals surface area (Å²) in [5.41, 5.74) is 5.85. The normalized spacial score (nSPS) is 9.50. The molecule has 4 rings (SSSR count). The van der Waals surface area contributed by atoms with Crippen LogP contribution in [0, 0.1) is 14.9 Å². The molecule has 0 aliphatic rings. The molecular weight excluding hydrogens is 551 g/mol. The van der Waals surface area contributed by atoms with Crippen LogP contribution in [0.3, 0.4) is 0 Å². The van der Waals surface area contributed by atoms with Crippen LogP contribution in [-0.2, 0) is 36.2 Å². The molecule has 0 heterocycles. The van der Waals surface area contributed by atoms with Crippen molar-refractivity contribution in [1.29, 1.82) is 0 Å². The average molecular weight is 593 g/mol. The van der Waals surface area contributed by atoms with Gasteiger partial charge in [-0.25, -0.2) is 0 Å². The van der Waals surface area contributed by atoms with Gasteiger partial charge in [-0.05, 0) is 24.7 Å². The Hall–Kier alpha value is -0.660. The summed E-state index contributed by atoms with van der Waals surface area (Å²) in [6, 6.07) is 22.5. The summed E-state index contributed by atoms with van der Waals surface area (Å²) in [5, 5.41) is 5.68. The molecule has 188 valence electrons. The third-order valence-corrected chi connectivity index (χ3v) is 5.82. The molecule has 0 saturated carbocycles. The van der Waals surface area contributed by atoms with Gasteiger partial charge < -0.3 is 14.9 Å². The van der Waals surface area contributed by atoms with Gasteiger partial charge in [0.05, 0.1) is 0 Å². The van der Waals surface area contributed by atoms with Crippen molar-refractivity contribution in [1.82, 2.24) is 0 Å². The van der Waals surface area contributed by atoms with Crippen LogP contribution in [0.25, 0.3) is 21.5 Å². The van der Waals surface area contributed by atoms with Crippen LogP contribution in [0.5, 0.6) is 0 Å². The quantitative estimate of drug-likeness (QED) is 0.163. The van der Waals surface area contributed by atoms with Crippen LogP contribution >= 0.6 is 24.8 Å². The molecule has 0 N–H and O–H groups in total. The summed E-state index contributed by atoms with van der Waals surface area (Å²) in [6.45, 7) is 16.5. The Morgan fingerprint density at radius 2 is 1.00 bits per heavy atom. The molecule has 0 atom stereocenters. The molecule has 0 nitrogen and oxygen atoms in total. The summed E-state index contributed by atoms with van der Waals surface area (Å²) in [6.07, 6.45) is 2.25. The van der Waals surface area contributed by atoms with E-state index in [1.165, 1.54) is 67.1 Å². The van der Waals surface area contributed by atoms with Crippen molar-refractivity contribution in [2.75, 3.05) is 0 Å². The Kier molecular flexibility index (Phi) is 20.7. The number of rotatable bonds is 4. The Morgan fingerprint density at radius 1 is 0.676 bits per heavy atom. The molecule has 0 bridgehead atoms. The van der Waals surface area contributed by atoms with Crippen molar-refractivity contribution >= 4 is 53.2 Å². The van der Waals surface area contributed by atoms with Crippen molar-refractivity contribution in [3.8, 4) is 0 Å². The first kappa shape index (κ1) is 37.9. The zero-order valence-corrected chi connectivity index (χ0v) is 27.2. The molecule has 4 aromatic carbocycles. The van der Waals surface area contributed by atoms with Gasteiger partial charge in [-0.2, -0.15) is 12.1 Å². The molecule has 0 aliphatic heterocycles. The summed E-state index contributed by atoms with van der Waals surface area (Å²) in [4.78, 5) is 0. The number of halogens is 2. The van der Waals surface area contributed by atoms with E-state index in [4.69, 9.17) is 0 Å². The fourth-order valence-electron chi connectivity index (χ4n) is 3.93. The number of aryl methyl sites for hydroxylation is 2. The second-order valence-corrected chi connectivity index (χ2v) is 8.43. The zero-order valence-electron chi connectivity index (χ0n) is 22.2. The number of fused-ring (bicyclic) bond motifs is 2. The third kappa shape index (κ3) is 9.42.